The molecule has 0 N–H and O–H groups in total. The van der Waals surface area contributed by atoms with Crippen molar-refractivity contribution in [2.24, 2.45) is 11.8 Å². The van der Waals surface area contributed by atoms with Gasteiger partial charge in [0, 0.05) is 25.2 Å². The Morgan fingerprint density at radius 2 is 1.96 bits per heavy atom. The van der Waals surface area contributed by atoms with E-state index in [4.69, 9.17) is 0 Å². The van der Waals surface area contributed by atoms with Gasteiger partial charge in [-0.25, -0.2) is 0 Å². The molecule has 6 heteroatoms. The van der Waals surface area contributed by atoms with Crippen molar-refractivity contribution in [2.45, 2.75) is 70.6 Å². The maximum atomic E-state index is 13.8. The number of methoxy groups -OCH3 is 1. The number of esters is 1. The highest BCUT2D eigenvalue weighted by Gasteiger charge is 2.38. The van der Waals surface area contributed by atoms with Gasteiger partial charge in [-0.15, -0.1) is 0 Å². The minimum atomic E-state index is -3.27. The van der Waals surface area contributed by atoms with Crippen molar-refractivity contribution >= 4 is 17.5 Å². The number of rotatable bonds is 13. The predicted molar refractivity (Wildman–Crippen MR) is 99.5 cm³/mol. The molecule has 0 saturated carbocycles. The van der Waals surface area contributed by atoms with Crippen molar-refractivity contribution in [1.29, 1.82) is 0 Å². The first-order valence-electron chi connectivity index (χ1n) is 9.66. The third-order valence-electron chi connectivity index (χ3n) is 4.88. The van der Waals surface area contributed by atoms with E-state index < -0.39 is 18.1 Å². The molecule has 0 heterocycles. The monoisotopic (exact) mass is 384 g/mol. The summed E-state index contributed by atoms with van der Waals surface area (Å²) < 4.78 is 32.1. The highest BCUT2D eigenvalue weighted by atomic mass is 19.3. The molecule has 0 aromatic carbocycles. The highest BCUT2D eigenvalue weighted by molar-refractivity contribution is 5.94. The SMILES string of the molecule is CCCCC(F)(F)C(=O)CC[C@H]1C=CC(=O)C1C/C=C\CCCC(=O)OC. The van der Waals surface area contributed by atoms with Crippen molar-refractivity contribution in [3.8, 4) is 0 Å². The maximum Gasteiger partial charge on any atom is 0.305 e. The number of alkyl halides is 2. The Morgan fingerprint density at radius 3 is 2.63 bits per heavy atom. The summed E-state index contributed by atoms with van der Waals surface area (Å²) in [4.78, 5) is 34.8. The summed E-state index contributed by atoms with van der Waals surface area (Å²) in [5.41, 5.74) is 0. The average molecular weight is 384 g/mol. The lowest BCUT2D eigenvalue weighted by Gasteiger charge is -2.19. The number of ketones is 2. The zero-order valence-corrected chi connectivity index (χ0v) is 16.2. The molecule has 1 aliphatic carbocycles. The maximum absolute atomic E-state index is 13.8. The zero-order valence-electron chi connectivity index (χ0n) is 16.2. The molecule has 0 radical (unpaired) electrons. The summed E-state index contributed by atoms with van der Waals surface area (Å²) in [6, 6.07) is 0. The van der Waals surface area contributed by atoms with E-state index in [2.05, 4.69) is 4.74 Å². The Bertz CT molecular complexity index is 567. The van der Waals surface area contributed by atoms with Crippen LogP contribution in [-0.4, -0.2) is 30.6 Å². The fourth-order valence-corrected chi connectivity index (χ4v) is 3.12. The van der Waals surface area contributed by atoms with Gasteiger partial charge in [0.1, 0.15) is 0 Å². The van der Waals surface area contributed by atoms with Gasteiger partial charge in [-0.2, -0.15) is 8.78 Å². The number of Topliss-reactive ketones (excluding diaryl/α,β-unsaturated/α-hetero) is 1. The van der Waals surface area contributed by atoms with E-state index in [0.717, 1.165) is 0 Å². The van der Waals surface area contributed by atoms with Crippen LogP contribution in [0.1, 0.15) is 64.7 Å². The minimum absolute atomic E-state index is 0.0237. The van der Waals surface area contributed by atoms with Crippen LogP contribution in [0.15, 0.2) is 24.3 Å². The molecule has 0 fully saturated rings. The van der Waals surface area contributed by atoms with Crippen LogP contribution < -0.4 is 0 Å². The van der Waals surface area contributed by atoms with Crippen molar-refractivity contribution in [2.75, 3.05) is 7.11 Å². The number of carbonyl (C=O) groups is 3. The number of halogens is 2. The summed E-state index contributed by atoms with van der Waals surface area (Å²) in [5.74, 6) is -5.04. The van der Waals surface area contributed by atoms with Crippen LogP contribution in [0.4, 0.5) is 8.78 Å². The molecule has 27 heavy (non-hydrogen) atoms. The number of hydrogen-bond acceptors (Lipinski definition) is 4. The van der Waals surface area contributed by atoms with Gasteiger partial charge < -0.3 is 4.74 Å². The molecular formula is C21H30F2O4. The fraction of sp³-hybridized carbons (Fsp3) is 0.667. The Labute approximate surface area is 160 Å². The standard InChI is InChI=1S/C21H30F2O4/c1-3-4-15-21(22,23)19(25)14-12-16-11-13-18(24)17(16)9-7-5-6-8-10-20(26)27-2/h5,7,11,13,16-17H,3-4,6,8-10,12,14-15H2,1-2H3/b7-5-/t16-,17?/m1/s1. The molecule has 0 bridgehead atoms. The van der Waals surface area contributed by atoms with Crippen molar-refractivity contribution in [3.63, 3.8) is 0 Å². The first-order chi connectivity index (χ1) is 12.8. The molecule has 4 nitrogen and oxygen atoms in total. The summed E-state index contributed by atoms with van der Waals surface area (Å²) in [5, 5.41) is 0. The van der Waals surface area contributed by atoms with Gasteiger partial charge in [0.05, 0.1) is 7.11 Å². The molecule has 152 valence electrons. The Kier molecular flexibility index (Phi) is 10.1. The second-order valence-electron chi connectivity index (χ2n) is 6.98. The van der Waals surface area contributed by atoms with Crippen LogP contribution in [0.5, 0.6) is 0 Å². The number of unbranched alkanes of at least 4 members (excludes halogenated alkanes) is 2. The Morgan fingerprint density at radius 1 is 1.22 bits per heavy atom. The quantitative estimate of drug-likeness (QED) is 0.259. The predicted octanol–water partition coefficient (Wildman–Crippen LogP) is 4.82. The van der Waals surface area contributed by atoms with Gasteiger partial charge in [-0.05, 0) is 44.1 Å². The summed E-state index contributed by atoms with van der Waals surface area (Å²) in [6.07, 6.45) is 9.85. The summed E-state index contributed by atoms with van der Waals surface area (Å²) in [6.45, 7) is 1.81. The Hall–Kier alpha value is -1.85. The number of carbonyl (C=O) groups excluding carboxylic acids is 3. The van der Waals surface area contributed by atoms with Crippen LogP contribution in [0.25, 0.3) is 0 Å². The summed E-state index contributed by atoms with van der Waals surface area (Å²) >= 11 is 0. The average Bonchev–Trinajstić information content (AvgIpc) is 3.00. The number of ether oxygens (including phenoxy) is 1. The Balaban J connectivity index is 2.42. The molecule has 0 amide bonds. The molecule has 0 aliphatic heterocycles. The molecule has 1 unspecified atom stereocenters. The van der Waals surface area contributed by atoms with Gasteiger partial charge in [0.25, 0.3) is 0 Å². The number of allylic oxidation sites excluding steroid dienone is 4. The molecule has 0 spiro atoms. The lowest BCUT2D eigenvalue weighted by atomic mass is 9.86. The van der Waals surface area contributed by atoms with Crippen molar-refractivity contribution in [1.82, 2.24) is 0 Å². The van der Waals surface area contributed by atoms with Crippen LogP contribution in [0.2, 0.25) is 0 Å². The van der Waals surface area contributed by atoms with Crippen LogP contribution in [0, 0.1) is 11.8 Å². The van der Waals surface area contributed by atoms with Gasteiger partial charge in [-0.3, -0.25) is 14.4 Å². The molecule has 1 rings (SSSR count). The normalized spacial score (nSPS) is 19.8. The molecule has 1 aliphatic rings. The topological polar surface area (TPSA) is 60.4 Å². The van der Waals surface area contributed by atoms with E-state index in [0.29, 0.717) is 38.5 Å². The van der Waals surface area contributed by atoms with E-state index in [1.165, 1.54) is 13.2 Å². The van der Waals surface area contributed by atoms with E-state index in [9.17, 15) is 23.2 Å². The molecular weight excluding hydrogens is 354 g/mol. The highest BCUT2D eigenvalue weighted by Crippen LogP contribution is 2.32. The third-order valence-corrected chi connectivity index (χ3v) is 4.88. The first kappa shape index (κ1) is 23.2. The van der Waals surface area contributed by atoms with E-state index >= 15 is 0 Å². The molecule has 0 aromatic rings. The largest absolute Gasteiger partial charge is 0.469 e. The van der Waals surface area contributed by atoms with Gasteiger partial charge >= 0.3 is 11.9 Å². The number of hydrogen-bond donors (Lipinski definition) is 0. The lowest BCUT2D eigenvalue weighted by Crippen LogP contribution is -2.29. The first-order valence-corrected chi connectivity index (χ1v) is 9.66. The second kappa shape index (κ2) is 11.8. The van der Waals surface area contributed by atoms with E-state index in [1.54, 1.807) is 6.08 Å². The van der Waals surface area contributed by atoms with Crippen LogP contribution in [-0.2, 0) is 19.1 Å². The third kappa shape index (κ3) is 8.14. The van der Waals surface area contributed by atoms with Crippen molar-refractivity contribution in [3.05, 3.63) is 24.3 Å². The summed E-state index contributed by atoms with van der Waals surface area (Å²) in [7, 11) is 1.35. The smallest absolute Gasteiger partial charge is 0.305 e. The van der Waals surface area contributed by atoms with Crippen LogP contribution in [0.3, 0.4) is 0 Å². The van der Waals surface area contributed by atoms with E-state index in [-0.39, 0.29) is 36.4 Å². The molecule has 2 atom stereocenters. The van der Waals surface area contributed by atoms with E-state index in [1.807, 2.05) is 19.1 Å². The van der Waals surface area contributed by atoms with Gasteiger partial charge in [0.15, 0.2) is 5.78 Å². The van der Waals surface area contributed by atoms with Gasteiger partial charge in [0.2, 0.25) is 5.78 Å². The minimum Gasteiger partial charge on any atom is -0.469 e. The zero-order chi connectivity index (χ0) is 20.3. The van der Waals surface area contributed by atoms with Crippen LogP contribution >= 0.6 is 0 Å². The fourth-order valence-electron chi connectivity index (χ4n) is 3.12. The lowest BCUT2D eigenvalue weighted by molar-refractivity contribution is -0.144. The second-order valence-corrected chi connectivity index (χ2v) is 6.98. The molecule has 0 aromatic heterocycles. The molecule has 0 saturated heterocycles. The van der Waals surface area contributed by atoms with Crippen molar-refractivity contribution < 1.29 is 27.9 Å². The van der Waals surface area contributed by atoms with Gasteiger partial charge in [-0.1, -0.05) is 31.6 Å².